The van der Waals surface area contributed by atoms with Crippen LogP contribution in [-0.4, -0.2) is 18.0 Å². The van der Waals surface area contributed by atoms with Crippen LogP contribution in [0.4, 0.5) is 5.13 Å². The van der Waals surface area contributed by atoms with Gasteiger partial charge < -0.3 is 4.74 Å². The van der Waals surface area contributed by atoms with Gasteiger partial charge in [-0.05, 0) is 66.7 Å². The highest BCUT2D eigenvalue weighted by Gasteiger charge is 2.28. The lowest BCUT2D eigenvalue weighted by atomic mass is 10.2. The van der Waals surface area contributed by atoms with E-state index in [1.54, 1.807) is 7.11 Å². The van der Waals surface area contributed by atoms with Crippen molar-refractivity contribution in [2.45, 2.75) is 14.7 Å². The predicted molar refractivity (Wildman–Crippen MR) is 136 cm³/mol. The number of nitrogens with one attached hydrogen (secondary N) is 1. The van der Waals surface area contributed by atoms with Crippen LogP contribution < -0.4 is 10.1 Å². The smallest absolute Gasteiger partial charge is 0.257 e. The Morgan fingerprint density at radius 3 is 2.03 bits per heavy atom. The van der Waals surface area contributed by atoms with Crippen LogP contribution in [0.25, 0.3) is 10.2 Å². The molecule has 0 aliphatic carbocycles. The molecule has 0 fully saturated rings. The second-order valence-electron chi connectivity index (χ2n) is 7.26. The number of fused-ring (bicyclic) bond motifs is 1. The molecule has 1 N–H and O–H groups in total. The monoisotopic (exact) mass is 469 g/mol. The molecule has 1 aromatic heterocycles. The molecule has 0 aliphatic rings. The molecule has 33 heavy (non-hydrogen) atoms. The van der Waals surface area contributed by atoms with E-state index in [-0.39, 0.29) is 16.8 Å². The molecule has 0 bridgehead atoms. The fourth-order valence-corrected chi connectivity index (χ4v) is 6.49. The molecule has 0 radical (unpaired) electrons. The average Bonchev–Trinajstić information content (AvgIpc) is 3.27. The molecular weight excluding hydrogens is 448 g/mol. The number of anilines is 1. The van der Waals surface area contributed by atoms with Gasteiger partial charge in [-0.2, -0.15) is 0 Å². The van der Waals surface area contributed by atoms with Crippen molar-refractivity contribution in [1.29, 1.82) is 0 Å². The van der Waals surface area contributed by atoms with E-state index in [0.29, 0.717) is 10.7 Å². The van der Waals surface area contributed by atoms with Crippen LogP contribution in [0, 0.1) is 0 Å². The van der Waals surface area contributed by atoms with Gasteiger partial charge in [0.15, 0.2) is 19.8 Å². The lowest BCUT2D eigenvalue weighted by molar-refractivity contribution is 0.102. The van der Waals surface area contributed by atoms with Crippen molar-refractivity contribution in [3.05, 3.63) is 109 Å². The summed E-state index contributed by atoms with van der Waals surface area (Å²) in [6.45, 7) is 0. The van der Waals surface area contributed by atoms with E-state index in [4.69, 9.17) is 4.74 Å². The third-order valence-electron chi connectivity index (χ3n) is 5.13. The Labute approximate surface area is 199 Å². The maximum absolute atomic E-state index is 12.9. The Morgan fingerprint density at radius 1 is 0.818 bits per heavy atom. The largest absolute Gasteiger partial charge is 0.497 e. The molecule has 0 saturated carbocycles. The number of methoxy groups -OCH3 is 1. The van der Waals surface area contributed by atoms with Gasteiger partial charge in [0.05, 0.1) is 28.2 Å². The number of nitrogens with zero attached hydrogens (tertiary/aromatic N) is 1. The highest BCUT2D eigenvalue weighted by molar-refractivity contribution is 7.97. The van der Waals surface area contributed by atoms with Crippen LogP contribution in [0.5, 0.6) is 5.75 Å². The summed E-state index contributed by atoms with van der Waals surface area (Å²) in [6.07, 6.45) is 0. The highest BCUT2D eigenvalue weighted by Crippen LogP contribution is 2.32. The summed E-state index contributed by atoms with van der Waals surface area (Å²) in [5.41, 5.74) is 1.43. The van der Waals surface area contributed by atoms with E-state index in [9.17, 15) is 4.79 Å². The number of benzene rings is 4. The second kappa shape index (κ2) is 9.48. The minimum absolute atomic E-state index is 0.174. The van der Waals surface area contributed by atoms with Crippen molar-refractivity contribution >= 4 is 43.5 Å². The van der Waals surface area contributed by atoms with Gasteiger partial charge in [-0.1, -0.05) is 47.7 Å². The molecule has 4 aromatic carbocycles. The van der Waals surface area contributed by atoms with Gasteiger partial charge in [-0.15, -0.1) is 0 Å². The number of hydrogen-bond acceptors (Lipinski definition) is 4. The molecule has 4 nitrogen and oxygen atoms in total. The predicted octanol–water partition coefficient (Wildman–Crippen LogP) is 6.65. The normalized spacial score (nSPS) is 11.0. The molecule has 6 heteroatoms. The van der Waals surface area contributed by atoms with Gasteiger partial charge in [0, 0.05) is 5.56 Å². The maximum Gasteiger partial charge on any atom is 0.257 e. The molecule has 0 atom stereocenters. The Bertz CT molecular complexity index is 1350. The number of carbonyl (C=O) groups is 1. The quantitative estimate of drug-likeness (QED) is 0.283. The zero-order chi connectivity index (χ0) is 22.6. The summed E-state index contributed by atoms with van der Waals surface area (Å²) in [5, 5.41) is 3.50. The molecule has 5 rings (SSSR count). The van der Waals surface area contributed by atoms with E-state index in [0.717, 1.165) is 20.9 Å². The number of carbonyl (C=O) groups excluding carboxylic acids is 1. The molecule has 0 unspecified atom stereocenters. The van der Waals surface area contributed by atoms with Gasteiger partial charge in [0.25, 0.3) is 5.91 Å². The summed E-state index contributed by atoms with van der Waals surface area (Å²) in [6, 6.07) is 34.4. The zero-order valence-corrected chi connectivity index (χ0v) is 19.5. The number of thiazole rings is 1. The van der Waals surface area contributed by atoms with Crippen molar-refractivity contribution in [3.63, 3.8) is 0 Å². The van der Waals surface area contributed by atoms with Crippen molar-refractivity contribution in [3.8, 4) is 5.75 Å². The molecule has 162 valence electrons. The molecular formula is C27H21N2O2S2+. The molecule has 1 amide bonds. The summed E-state index contributed by atoms with van der Waals surface area (Å²) in [5.74, 6) is 0.596. The van der Waals surface area contributed by atoms with Crippen LogP contribution in [0.15, 0.2) is 118 Å². The summed E-state index contributed by atoms with van der Waals surface area (Å²) in [4.78, 5) is 21.0. The van der Waals surface area contributed by atoms with Gasteiger partial charge in [-0.25, -0.2) is 4.98 Å². The van der Waals surface area contributed by atoms with Crippen LogP contribution in [0.2, 0.25) is 0 Å². The van der Waals surface area contributed by atoms with Gasteiger partial charge in [-0.3, -0.25) is 10.1 Å². The molecule has 0 saturated heterocycles. The first-order valence-corrected chi connectivity index (χ1v) is 12.5. The summed E-state index contributed by atoms with van der Waals surface area (Å²) in [7, 11) is 1.39. The minimum atomic E-state index is -0.242. The SMILES string of the molecule is COc1ccc2nc(NC(=O)c3ccc([S+](c4ccccc4)c4ccccc4)cc3)sc2c1. The lowest BCUT2D eigenvalue weighted by Crippen LogP contribution is -2.12. The summed E-state index contributed by atoms with van der Waals surface area (Å²) < 4.78 is 6.24. The molecule has 1 heterocycles. The topological polar surface area (TPSA) is 51.2 Å². The van der Waals surface area contributed by atoms with Crippen molar-refractivity contribution in [1.82, 2.24) is 4.98 Å². The second-order valence-corrected chi connectivity index (χ2v) is 10.3. The first kappa shape index (κ1) is 21.2. The zero-order valence-electron chi connectivity index (χ0n) is 17.9. The van der Waals surface area contributed by atoms with Crippen molar-refractivity contribution in [2.75, 3.05) is 12.4 Å². The average molecular weight is 470 g/mol. The third kappa shape index (κ3) is 4.62. The fraction of sp³-hybridized carbons (Fsp3) is 0.0370. The standard InChI is InChI=1S/C27H20N2O2S2/c1-31-20-14-17-24-25(18-20)32-27(28-24)29-26(30)19-12-15-23(16-13-19)33(21-8-4-2-5-9-21)22-10-6-3-7-11-22/h2-18H,1H3/p+1. The Balaban J connectivity index is 1.39. The van der Waals surface area contributed by atoms with Crippen LogP contribution >= 0.6 is 11.3 Å². The first-order valence-electron chi connectivity index (χ1n) is 10.4. The Kier molecular flexibility index (Phi) is 6.11. The van der Waals surface area contributed by atoms with Crippen LogP contribution in [0.3, 0.4) is 0 Å². The van der Waals surface area contributed by atoms with Crippen LogP contribution in [-0.2, 0) is 10.9 Å². The Morgan fingerprint density at radius 2 is 1.42 bits per heavy atom. The van der Waals surface area contributed by atoms with Crippen LogP contribution in [0.1, 0.15) is 10.4 Å². The van der Waals surface area contributed by atoms with E-state index < -0.39 is 0 Å². The Hall–Kier alpha value is -3.61. The summed E-state index contributed by atoms with van der Waals surface area (Å²) >= 11 is 1.43. The molecule has 0 spiro atoms. The van der Waals surface area contributed by atoms with Gasteiger partial charge >= 0.3 is 0 Å². The van der Waals surface area contributed by atoms with E-state index in [2.05, 4.69) is 58.8 Å². The van der Waals surface area contributed by atoms with Crippen molar-refractivity contribution < 1.29 is 9.53 Å². The number of amides is 1. The van der Waals surface area contributed by atoms with E-state index in [1.807, 2.05) is 54.6 Å². The fourth-order valence-electron chi connectivity index (χ4n) is 3.52. The van der Waals surface area contributed by atoms with E-state index >= 15 is 0 Å². The number of ether oxygens (including phenoxy) is 1. The lowest BCUT2D eigenvalue weighted by Gasteiger charge is -2.08. The number of hydrogen-bond donors (Lipinski definition) is 1. The molecule has 0 aliphatic heterocycles. The molecule has 5 aromatic rings. The number of aromatic nitrogens is 1. The van der Waals surface area contributed by atoms with E-state index in [1.165, 1.54) is 21.1 Å². The third-order valence-corrected chi connectivity index (χ3v) is 8.29. The van der Waals surface area contributed by atoms with Gasteiger partial charge in [0.2, 0.25) is 0 Å². The highest BCUT2D eigenvalue weighted by atomic mass is 32.2. The minimum Gasteiger partial charge on any atom is -0.497 e. The maximum atomic E-state index is 12.9. The number of rotatable bonds is 6. The van der Waals surface area contributed by atoms with Gasteiger partial charge in [0.1, 0.15) is 5.75 Å². The van der Waals surface area contributed by atoms with Crippen molar-refractivity contribution in [2.24, 2.45) is 0 Å². The first-order chi connectivity index (χ1) is 16.2.